The predicted octanol–water partition coefficient (Wildman–Crippen LogP) is 1.50. The number of aromatic nitrogens is 2. The van der Waals surface area contributed by atoms with Crippen molar-refractivity contribution in [2.45, 2.75) is 6.92 Å². The number of nitrogens with zero attached hydrogens (tertiary/aromatic N) is 2. The van der Waals surface area contributed by atoms with E-state index in [1.807, 2.05) is 0 Å². The van der Waals surface area contributed by atoms with E-state index in [0.29, 0.717) is 10.8 Å². The fraction of sp³-hybridized carbons (Fsp3) is 0.143. The molecule has 1 aromatic heterocycles. The minimum atomic E-state index is 0.375. The molecule has 2 nitrogen and oxygen atoms in total. The Hall–Kier alpha value is -1.07. The van der Waals surface area contributed by atoms with Crippen molar-refractivity contribution in [3.8, 4) is 11.8 Å². The van der Waals surface area contributed by atoms with Gasteiger partial charge in [0.05, 0.1) is 12.4 Å². The zero-order valence-corrected chi connectivity index (χ0v) is 6.18. The van der Waals surface area contributed by atoms with Crippen LogP contribution < -0.4 is 0 Å². The van der Waals surface area contributed by atoms with Gasteiger partial charge in [-0.05, 0) is 12.8 Å². The van der Waals surface area contributed by atoms with E-state index in [-0.39, 0.29) is 0 Å². The maximum atomic E-state index is 5.54. The second kappa shape index (κ2) is 3.19. The lowest BCUT2D eigenvalue weighted by atomic mass is 10.4. The van der Waals surface area contributed by atoms with E-state index in [0.717, 1.165) is 0 Å². The van der Waals surface area contributed by atoms with E-state index < -0.39 is 0 Å². The lowest BCUT2D eigenvalue weighted by Crippen LogP contribution is -1.83. The molecule has 1 heterocycles. The maximum absolute atomic E-state index is 5.54. The molecule has 0 saturated heterocycles. The van der Waals surface area contributed by atoms with E-state index in [4.69, 9.17) is 11.6 Å². The van der Waals surface area contributed by atoms with Gasteiger partial charge in [-0.3, -0.25) is 4.98 Å². The highest BCUT2D eigenvalue weighted by atomic mass is 35.5. The first-order chi connectivity index (χ1) is 4.83. The summed E-state index contributed by atoms with van der Waals surface area (Å²) in [5.74, 6) is 5.44. The van der Waals surface area contributed by atoms with Gasteiger partial charge in [0.25, 0.3) is 0 Å². The van der Waals surface area contributed by atoms with E-state index in [2.05, 4.69) is 21.8 Å². The van der Waals surface area contributed by atoms with Crippen molar-refractivity contribution in [2.75, 3.05) is 0 Å². The van der Waals surface area contributed by atoms with Crippen LogP contribution in [0, 0.1) is 11.8 Å². The second-order valence-corrected chi connectivity index (χ2v) is 1.99. The number of halogens is 1. The van der Waals surface area contributed by atoms with Crippen molar-refractivity contribution in [1.29, 1.82) is 0 Å². The van der Waals surface area contributed by atoms with Crippen LogP contribution in [0.3, 0.4) is 0 Å². The Balaban J connectivity index is 3.03. The Morgan fingerprint density at radius 3 is 2.90 bits per heavy atom. The molecule has 1 aromatic rings. The Labute approximate surface area is 64.3 Å². The topological polar surface area (TPSA) is 25.8 Å². The molecular weight excluding hydrogens is 148 g/mol. The van der Waals surface area contributed by atoms with Gasteiger partial charge in [-0.15, -0.1) is 0 Å². The third-order valence-electron chi connectivity index (χ3n) is 0.858. The quantitative estimate of drug-likeness (QED) is 0.527. The summed E-state index contributed by atoms with van der Waals surface area (Å²) in [7, 11) is 0. The molecule has 0 amide bonds. The molecule has 50 valence electrons. The number of rotatable bonds is 0. The zero-order chi connectivity index (χ0) is 7.40. The van der Waals surface area contributed by atoms with Crippen molar-refractivity contribution in [2.24, 2.45) is 0 Å². The molecule has 0 aliphatic carbocycles. The minimum absolute atomic E-state index is 0.375. The van der Waals surface area contributed by atoms with Crippen molar-refractivity contribution in [3.63, 3.8) is 0 Å². The highest BCUT2D eigenvalue weighted by Crippen LogP contribution is 2.00. The first kappa shape index (κ1) is 7.04. The highest BCUT2D eigenvalue weighted by Gasteiger charge is 1.89. The summed E-state index contributed by atoms with van der Waals surface area (Å²) < 4.78 is 0. The van der Waals surface area contributed by atoms with Crippen LogP contribution >= 0.6 is 11.6 Å². The van der Waals surface area contributed by atoms with Gasteiger partial charge >= 0.3 is 0 Å². The smallest absolute Gasteiger partial charge is 0.148 e. The number of hydrogen-bond acceptors (Lipinski definition) is 2. The lowest BCUT2D eigenvalue weighted by molar-refractivity contribution is 1.17. The zero-order valence-electron chi connectivity index (χ0n) is 5.43. The summed E-state index contributed by atoms with van der Waals surface area (Å²) in [6.45, 7) is 1.74. The third kappa shape index (κ3) is 1.71. The average Bonchev–Trinajstić information content (AvgIpc) is 1.88. The molecule has 3 heteroatoms. The molecule has 0 spiro atoms. The van der Waals surface area contributed by atoms with Gasteiger partial charge in [0.15, 0.2) is 0 Å². The van der Waals surface area contributed by atoms with Crippen LogP contribution in [0.2, 0.25) is 5.15 Å². The van der Waals surface area contributed by atoms with Crippen LogP contribution in [0.5, 0.6) is 0 Å². The van der Waals surface area contributed by atoms with Gasteiger partial charge in [0, 0.05) is 0 Å². The molecule has 0 aromatic carbocycles. The van der Waals surface area contributed by atoms with Gasteiger partial charge in [-0.1, -0.05) is 17.5 Å². The maximum Gasteiger partial charge on any atom is 0.148 e. The first-order valence-corrected chi connectivity index (χ1v) is 3.11. The number of hydrogen-bond donors (Lipinski definition) is 0. The molecule has 0 aliphatic heterocycles. The van der Waals surface area contributed by atoms with Gasteiger partial charge in [-0.2, -0.15) is 0 Å². The summed E-state index contributed by atoms with van der Waals surface area (Å²) in [6.07, 6.45) is 3.05. The molecule has 10 heavy (non-hydrogen) atoms. The van der Waals surface area contributed by atoms with Gasteiger partial charge in [0.1, 0.15) is 10.8 Å². The largest absolute Gasteiger partial charge is 0.259 e. The fourth-order valence-corrected chi connectivity index (χ4v) is 0.678. The monoisotopic (exact) mass is 152 g/mol. The summed E-state index contributed by atoms with van der Waals surface area (Å²) in [6, 6.07) is 0. The molecule has 0 bridgehead atoms. The van der Waals surface area contributed by atoms with Gasteiger partial charge in [0.2, 0.25) is 0 Å². The van der Waals surface area contributed by atoms with Crippen LogP contribution in [-0.4, -0.2) is 9.97 Å². The van der Waals surface area contributed by atoms with Crippen LogP contribution in [0.1, 0.15) is 12.6 Å². The molecule has 0 atom stereocenters. The molecule has 0 radical (unpaired) electrons. The fourth-order valence-electron chi connectivity index (χ4n) is 0.530. The summed E-state index contributed by atoms with van der Waals surface area (Å²) in [5, 5.41) is 0.375. The Morgan fingerprint density at radius 2 is 2.30 bits per heavy atom. The van der Waals surface area contributed by atoms with Crippen LogP contribution in [0.15, 0.2) is 12.4 Å². The van der Waals surface area contributed by atoms with Crippen molar-refractivity contribution in [3.05, 3.63) is 23.2 Å². The third-order valence-corrected chi connectivity index (χ3v) is 1.04. The van der Waals surface area contributed by atoms with Crippen molar-refractivity contribution in [1.82, 2.24) is 9.97 Å². The lowest BCUT2D eigenvalue weighted by Gasteiger charge is -1.87. The summed E-state index contributed by atoms with van der Waals surface area (Å²) >= 11 is 5.54. The normalized spacial score (nSPS) is 8.20. The van der Waals surface area contributed by atoms with E-state index in [9.17, 15) is 0 Å². The highest BCUT2D eigenvalue weighted by molar-refractivity contribution is 6.29. The van der Waals surface area contributed by atoms with Crippen LogP contribution in [0.25, 0.3) is 0 Å². The predicted molar refractivity (Wildman–Crippen MR) is 39.6 cm³/mol. The Morgan fingerprint density at radius 1 is 1.50 bits per heavy atom. The first-order valence-electron chi connectivity index (χ1n) is 2.73. The molecule has 0 N–H and O–H groups in total. The minimum Gasteiger partial charge on any atom is -0.259 e. The van der Waals surface area contributed by atoms with Crippen LogP contribution in [0.4, 0.5) is 0 Å². The van der Waals surface area contributed by atoms with E-state index >= 15 is 0 Å². The Kier molecular flexibility index (Phi) is 2.24. The molecule has 0 aliphatic rings. The molecular formula is C7H5ClN2. The van der Waals surface area contributed by atoms with E-state index in [1.54, 1.807) is 13.1 Å². The van der Waals surface area contributed by atoms with Crippen molar-refractivity contribution < 1.29 is 0 Å². The molecule has 0 saturated carbocycles. The van der Waals surface area contributed by atoms with Gasteiger partial charge in [-0.25, -0.2) is 4.98 Å². The molecule has 1 rings (SSSR count). The molecule has 0 fully saturated rings. The van der Waals surface area contributed by atoms with Gasteiger partial charge < -0.3 is 0 Å². The second-order valence-electron chi connectivity index (χ2n) is 1.60. The standard InChI is InChI=1S/C7H5ClN2/c1-2-3-6-4-9-5-7(8)10-6/h4-5H,1H3. The summed E-state index contributed by atoms with van der Waals surface area (Å²) in [4.78, 5) is 7.70. The SMILES string of the molecule is CC#Cc1cncc(Cl)n1. The van der Waals surface area contributed by atoms with Crippen LogP contribution in [-0.2, 0) is 0 Å². The van der Waals surface area contributed by atoms with E-state index in [1.165, 1.54) is 6.20 Å². The summed E-state index contributed by atoms with van der Waals surface area (Å²) in [5.41, 5.74) is 0.606. The average molecular weight is 153 g/mol. The Bertz CT molecular complexity index is 285. The molecule has 0 unspecified atom stereocenters. The van der Waals surface area contributed by atoms with Crippen molar-refractivity contribution >= 4 is 11.6 Å².